The number of benzene rings is 1. The van der Waals surface area contributed by atoms with Crippen LogP contribution in [0.1, 0.15) is 52.1 Å². The van der Waals surface area contributed by atoms with Crippen molar-refractivity contribution in [1.82, 2.24) is 4.98 Å². The molecule has 0 spiro atoms. The summed E-state index contributed by atoms with van der Waals surface area (Å²) in [5.41, 5.74) is 2.92. The fourth-order valence-corrected chi connectivity index (χ4v) is 3.00. The first kappa shape index (κ1) is 16.1. The van der Waals surface area contributed by atoms with Crippen molar-refractivity contribution in [1.29, 1.82) is 0 Å². The van der Waals surface area contributed by atoms with Crippen LogP contribution >= 0.6 is 0 Å². The molecule has 1 N–H and O–H groups in total. The fourth-order valence-electron chi connectivity index (χ4n) is 3.00. The monoisotopic (exact) mass is 322 g/mol. The molecule has 1 aromatic carbocycles. The summed E-state index contributed by atoms with van der Waals surface area (Å²) in [5.74, 6) is -1.00. The van der Waals surface area contributed by atoms with Gasteiger partial charge in [0.2, 0.25) is 0 Å². The molecule has 0 bridgehead atoms. The van der Waals surface area contributed by atoms with Crippen LogP contribution in [0.15, 0.2) is 47.7 Å². The van der Waals surface area contributed by atoms with Gasteiger partial charge < -0.3 is 5.11 Å². The lowest BCUT2D eigenvalue weighted by Crippen LogP contribution is -2.30. The summed E-state index contributed by atoms with van der Waals surface area (Å²) in [6.45, 7) is 3.97. The number of pyridine rings is 1. The van der Waals surface area contributed by atoms with E-state index in [9.17, 15) is 14.7 Å². The molecule has 122 valence electrons. The van der Waals surface area contributed by atoms with Gasteiger partial charge in [0.25, 0.3) is 0 Å². The summed E-state index contributed by atoms with van der Waals surface area (Å²) in [5, 5.41) is 9.19. The molecule has 0 radical (unpaired) electrons. The van der Waals surface area contributed by atoms with Crippen LogP contribution in [0.3, 0.4) is 0 Å². The Morgan fingerprint density at radius 1 is 1.21 bits per heavy atom. The van der Waals surface area contributed by atoms with Gasteiger partial charge in [0.05, 0.1) is 23.2 Å². The summed E-state index contributed by atoms with van der Waals surface area (Å²) in [6.07, 6.45) is 3.99. The Morgan fingerprint density at radius 3 is 2.67 bits per heavy atom. The van der Waals surface area contributed by atoms with Gasteiger partial charge in [0, 0.05) is 18.0 Å². The van der Waals surface area contributed by atoms with Gasteiger partial charge >= 0.3 is 5.97 Å². The van der Waals surface area contributed by atoms with Crippen LogP contribution in [-0.4, -0.2) is 33.1 Å². The number of aromatic carboxylic acids is 1. The molecule has 0 saturated carbocycles. The van der Waals surface area contributed by atoms with Crippen LogP contribution in [0, 0.1) is 0 Å². The van der Waals surface area contributed by atoms with Crippen LogP contribution in [0.25, 0.3) is 0 Å². The topological polar surface area (TPSA) is 79.6 Å². The second-order valence-corrected chi connectivity index (χ2v) is 6.57. The van der Waals surface area contributed by atoms with Crippen molar-refractivity contribution in [3.63, 3.8) is 0 Å². The van der Waals surface area contributed by atoms with Crippen LogP contribution in [0.4, 0.5) is 0 Å². The second-order valence-electron chi connectivity index (χ2n) is 6.57. The van der Waals surface area contributed by atoms with Crippen molar-refractivity contribution in [2.45, 2.75) is 32.2 Å². The van der Waals surface area contributed by atoms with E-state index < -0.39 is 5.97 Å². The number of carboxylic acid groups (broad SMARTS) is 1. The number of nitrogens with zero attached hydrogens (tertiary/aromatic N) is 2. The molecule has 0 amide bonds. The maximum Gasteiger partial charge on any atom is 0.335 e. The number of ketones is 1. The van der Waals surface area contributed by atoms with E-state index in [2.05, 4.69) is 4.98 Å². The summed E-state index contributed by atoms with van der Waals surface area (Å²) >= 11 is 0. The molecule has 1 aliphatic rings. The third-order valence-corrected chi connectivity index (χ3v) is 4.04. The Labute approximate surface area is 140 Å². The lowest BCUT2D eigenvalue weighted by atomic mass is 9.84. The van der Waals surface area contributed by atoms with Crippen molar-refractivity contribution >= 4 is 17.5 Å². The largest absolute Gasteiger partial charge is 0.478 e. The standard InChI is InChI=1S/C19H18N2O3/c1-19(2)10-14-8-12(18(23)24)5-6-15(14)16(21-19)9-17(22)13-4-3-7-20-11-13/h3-8,11H,9-10H2,1-2H3,(H,23,24). The van der Waals surface area contributed by atoms with Crippen LogP contribution in [0.5, 0.6) is 0 Å². The van der Waals surface area contributed by atoms with Crippen molar-refractivity contribution in [3.8, 4) is 0 Å². The Kier molecular flexibility index (Phi) is 4.01. The van der Waals surface area contributed by atoms with Crippen molar-refractivity contribution in [3.05, 3.63) is 65.0 Å². The molecule has 1 aromatic heterocycles. The van der Waals surface area contributed by atoms with E-state index in [1.165, 1.54) is 0 Å². The van der Waals surface area contributed by atoms with E-state index in [1.807, 2.05) is 13.8 Å². The predicted octanol–water partition coefficient (Wildman–Crippen LogP) is 3.18. The number of hydrogen-bond acceptors (Lipinski definition) is 4. The first-order valence-electron chi connectivity index (χ1n) is 7.74. The van der Waals surface area contributed by atoms with Gasteiger partial charge in [0.1, 0.15) is 0 Å². The normalized spacial score (nSPS) is 15.3. The van der Waals surface area contributed by atoms with E-state index in [4.69, 9.17) is 4.99 Å². The Hall–Kier alpha value is -2.82. The van der Waals surface area contributed by atoms with E-state index in [1.54, 1.807) is 42.7 Å². The zero-order chi connectivity index (χ0) is 17.3. The quantitative estimate of drug-likeness (QED) is 0.877. The number of carbonyl (C=O) groups excluding carboxylic acids is 1. The number of aliphatic imine (C=N–C) groups is 1. The number of carbonyl (C=O) groups is 2. The summed E-state index contributed by atoms with van der Waals surface area (Å²) < 4.78 is 0. The highest BCUT2D eigenvalue weighted by atomic mass is 16.4. The molecule has 24 heavy (non-hydrogen) atoms. The molecular formula is C19H18N2O3. The molecule has 3 rings (SSSR count). The number of carboxylic acids is 1. The average Bonchev–Trinajstić information content (AvgIpc) is 2.54. The number of aromatic nitrogens is 1. The molecule has 0 saturated heterocycles. The predicted molar refractivity (Wildman–Crippen MR) is 90.9 cm³/mol. The minimum atomic E-state index is -0.953. The van der Waals surface area contributed by atoms with E-state index in [0.29, 0.717) is 17.7 Å². The minimum absolute atomic E-state index is 0.0483. The zero-order valence-electron chi connectivity index (χ0n) is 13.6. The van der Waals surface area contributed by atoms with Gasteiger partial charge in [-0.05, 0) is 55.7 Å². The second kappa shape index (κ2) is 6.00. The molecule has 0 fully saturated rings. The number of rotatable bonds is 4. The Bertz CT molecular complexity index is 839. The lowest BCUT2D eigenvalue weighted by molar-refractivity contribution is 0.0696. The maximum atomic E-state index is 12.5. The third-order valence-electron chi connectivity index (χ3n) is 4.04. The van der Waals surface area contributed by atoms with Crippen molar-refractivity contribution < 1.29 is 14.7 Å². The van der Waals surface area contributed by atoms with Gasteiger partial charge in [-0.2, -0.15) is 0 Å². The molecule has 1 aliphatic heterocycles. The maximum absolute atomic E-state index is 12.5. The van der Waals surface area contributed by atoms with Gasteiger partial charge in [-0.3, -0.25) is 14.8 Å². The average molecular weight is 322 g/mol. The van der Waals surface area contributed by atoms with Crippen LogP contribution in [0.2, 0.25) is 0 Å². The summed E-state index contributed by atoms with van der Waals surface area (Å²) in [6, 6.07) is 8.46. The highest BCUT2D eigenvalue weighted by Gasteiger charge is 2.28. The van der Waals surface area contributed by atoms with Crippen LogP contribution < -0.4 is 0 Å². The third kappa shape index (κ3) is 3.25. The first-order chi connectivity index (χ1) is 11.4. The number of Topliss-reactive ketones (excluding diaryl/α,β-unsaturated/α-hetero) is 1. The van der Waals surface area contributed by atoms with Gasteiger partial charge in [-0.15, -0.1) is 0 Å². The highest BCUT2D eigenvalue weighted by molar-refractivity contribution is 6.17. The van der Waals surface area contributed by atoms with Crippen molar-refractivity contribution in [2.75, 3.05) is 0 Å². The van der Waals surface area contributed by atoms with Gasteiger partial charge in [-0.25, -0.2) is 4.79 Å². The Morgan fingerprint density at radius 2 is 2.00 bits per heavy atom. The zero-order valence-corrected chi connectivity index (χ0v) is 13.6. The molecule has 2 heterocycles. The number of fused-ring (bicyclic) bond motifs is 1. The Balaban J connectivity index is 1.97. The summed E-state index contributed by atoms with van der Waals surface area (Å²) in [7, 11) is 0. The molecule has 2 aromatic rings. The molecule has 0 atom stereocenters. The molecule has 5 nitrogen and oxygen atoms in total. The van der Waals surface area contributed by atoms with Gasteiger partial charge in [-0.1, -0.05) is 6.07 Å². The fraction of sp³-hybridized carbons (Fsp3) is 0.263. The molecule has 0 unspecified atom stereocenters. The SMILES string of the molecule is CC1(C)Cc2cc(C(=O)O)ccc2C(CC(=O)c2cccnc2)=N1. The first-order valence-corrected chi connectivity index (χ1v) is 7.74. The summed E-state index contributed by atoms with van der Waals surface area (Å²) in [4.78, 5) is 32.4. The molecular weight excluding hydrogens is 304 g/mol. The molecule has 5 heteroatoms. The van der Waals surface area contributed by atoms with Crippen LogP contribution in [-0.2, 0) is 6.42 Å². The lowest BCUT2D eigenvalue weighted by Gasteiger charge is -2.29. The van der Waals surface area contributed by atoms with E-state index in [0.717, 1.165) is 11.1 Å². The van der Waals surface area contributed by atoms with Crippen molar-refractivity contribution in [2.24, 2.45) is 4.99 Å². The number of hydrogen-bond donors (Lipinski definition) is 1. The smallest absolute Gasteiger partial charge is 0.335 e. The minimum Gasteiger partial charge on any atom is -0.478 e. The van der Waals surface area contributed by atoms with Gasteiger partial charge in [0.15, 0.2) is 5.78 Å². The molecule has 0 aliphatic carbocycles. The van der Waals surface area contributed by atoms with E-state index >= 15 is 0 Å². The van der Waals surface area contributed by atoms with E-state index in [-0.39, 0.29) is 23.3 Å². The highest BCUT2D eigenvalue weighted by Crippen LogP contribution is 2.29.